The van der Waals surface area contributed by atoms with Crippen LogP contribution < -0.4 is 4.72 Å². The zero-order chi connectivity index (χ0) is 15.2. The predicted octanol–water partition coefficient (Wildman–Crippen LogP) is 0.753. The zero-order valence-corrected chi connectivity index (χ0v) is 12.1. The van der Waals surface area contributed by atoms with Gasteiger partial charge in [0.05, 0.1) is 17.4 Å². The quantitative estimate of drug-likeness (QED) is 0.657. The van der Waals surface area contributed by atoms with Gasteiger partial charge in [-0.25, -0.2) is 13.1 Å². The highest BCUT2D eigenvalue weighted by atomic mass is 32.2. The molecule has 1 atom stereocenters. The molecule has 1 aromatic rings. The van der Waals surface area contributed by atoms with Crippen LogP contribution in [0.2, 0.25) is 0 Å². The second-order valence-corrected chi connectivity index (χ2v) is 6.28. The average Bonchev–Trinajstić information content (AvgIpc) is 2.37. The third kappa shape index (κ3) is 5.28. The van der Waals surface area contributed by atoms with Gasteiger partial charge in [0, 0.05) is 6.54 Å². The van der Waals surface area contributed by atoms with E-state index in [-0.39, 0.29) is 17.9 Å². The summed E-state index contributed by atoms with van der Waals surface area (Å²) in [5, 5.41) is 18.1. The van der Waals surface area contributed by atoms with E-state index >= 15 is 0 Å². The largest absolute Gasteiger partial charge is 0.481 e. The molecule has 0 fully saturated rings. The number of sulfonamides is 1. The Morgan fingerprint density at radius 3 is 2.40 bits per heavy atom. The second kappa shape index (κ2) is 7.37. The maximum Gasteiger partial charge on any atom is 0.307 e. The van der Waals surface area contributed by atoms with Crippen molar-refractivity contribution in [2.24, 2.45) is 0 Å². The number of hydrogen-bond donors (Lipinski definition) is 3. The van der Waals surface area contributed by atoms with E-state index in [1.807, 2.05) is 6.92 Å². The van der Waals surface area contributed by atoms with Crippen LogP contribution in [0.4, 0.5) is 0 Å². The topological polar surface area (TPSA) is 104 Å². The van der Waals surface area contributed by atoms with E-state index in [0.29, 0.717) is 12.0 Å². The van der Waals surface area contributed by atoms with Crippen LogP contribution in [-0.4, -0.2) is 37.2 Å². The maximum absolute atomic E-state index is 11.9. The standard InChI is InChI=1S/C13H19NO5S/c1-2-3-11(15)9-14-20(18,19)12-6-4-10(5-7-12)8-13(16)17/h4-7,11,14-15H,2-3,8-9H2,1H3,(H,16,17). The number of carboxylic acid groups (broad SMARTS) is 1. The fraction of sp³-hybridized carbons (Fsp3) is 0.462. The number of hydrogen-bond acceptors (Lipinski definition) is 4. The lowest BCUT2D eigenvalue weighted by atomic mass is 10.2. The van der Waals surface area contributed by atoms with Gasteiger partial charge in [-0.3, -0.25) is 4.79 Å². The van der Waals surface area contributed by atoms with Gasteiger partial charge in [0.15, 0.2) is 0 Å². The molecule has 1 rings (SSSR count). The fourth-order valence-electron chi connectivity index (χ4n) is 1.69. The Kier molecular flexibility index (Phi) is 6.12. The van der Waals surface area contributed by atoms with Crippen molar-refractivity contribution in [1.82, 2.24) is 4.72 Å². The lowest BCUT2D eigenvalue weighted by Crippen LogP contribution is -2.32. The molecular weight excluding hydrogens is 282 g/mol. The van der Waals surface area contributed by atoms with E-state index in [9.17, 15) is 18.3 Å². The van der Waals surface area contributed by atoms with Gasteiger partial charge < -0.3 is 10.2 Å². The summed E-state index contributed by atoms with van der Waals surface area (Å²) in [5.41, 5.74) is 0.530. The molecule has 0 aromatic heterocycles. The summed E-state index contributed by atoms with van der Waals surface area (Å²) in [6.45, 7) is 1.87. The molecule has 20 heavy (non-hydrogen) atoms. The number of aliphatic hydroxyl groups is 1. The highest BCUT2D eigenvalue weighted by Crippen LogP contribution is 2.11. The highest BCUT2D eigenvalue weighted by molar-refractivity contribution is 7.89. The molecule has 7 heteroatoms. The summed E-state index contributed by atoms with van der Waals surface area (Å²) >= 11 is 0. The molecule has 0 heterocycles. The lowest BCUT2D eigenvalue weighted by molar-refractivity contribution is -0.136. The van der Waals surface area contributed by atoms with E-state index in [1.165, 1.54) is 24.3 Å². The molecule has 0 amide bonds. The Morgan fingerprint density at radius 1 is 1.30 bits per heavy atom. The van der Waals surface area contributed by atoms with Gasteiger partial charge in [0.2, 0.25) is 10.0 Å². The zero-order valence-electron chi connectivity index (χ0n) is 11.2. The van der Waals surface area contributed by atoms with E-state index in [0.717, 1.165) is 6.42 Å². The first kappa shape index (κ1) is 16.6. The average molecular weight is 301 g/mol. The molecule has 3 N–H and O–H groups in total. The lowest BCUT2D eigenvalue weighted by Gasteiger charge is -2.11. The fourth-order valence-corrected chi connectivity index (χ4v) is 2.76. The normalized spacial score (nSPS) is 13.1. The monoisotopic (exact) mass is 301 g/mol. The third-order valence-corrected chi connectivity index (χ3v) is 4.16. The van der Waals surface area contributed by atoms with Crippen LogP contribution >= 0.6 is 0 Å². The Morgan fingerprint density at radius 2 is 1.90 bits per heavy atom. The van der Waals surface area contributed by atoms with Crippen molar-refractivity contribution >= 4 is 16.0 Å². The van der Waals surface area contributed by atoms with Crippen molar-refractivity contribution in [2.45, 2.75) is 37.2 Å². The number of nitrogens with one attached hydrogen (secondary N) is 1. The van der Waals surface area contributed by atoms with Gasteiger partial charge in [-0.15, -0.1) is 0 Å². The predicted molar refractivity (Wildman–Crippen MR) is 73.9 cm³/mol. The van der Waals surface area contributed by atoms with Gasteiger partial charge in [-0.05, 0) is 24.1 Å². The molecule has 112 valence electrons. The van der Waals surface area contributed by atoms with Gasteiger partial charge >= 0.3 is 5.97 Å². The molecule has 6 nitrogen and oxygen atoms in total. The van der Waals surface area contributed by atoms with Crippen LogP contribution in [-0.2, 0) is 21.2 Å². The van der Waals surface area contributed by atoms with Crippen molar-refractivity contribution in [1.29, 1.82) is 0 Å². The summed E-state index contributed by atoms with van der Waals surface area (Å²) < 4.78 is 26.2. The molecule has 0 saturated carbocycles. The van der Waals surface area contributed by atoms with Gasteiger partial charge in [0.1, 0.15) is 0 Å². The van der Waals surface area contributed by atoms with E-state index < -0.39 is 22.1 Å². The van der Waals surface area contributed by atoms with E-state index in [4.69, 9.17) is 5.11 Å². The summed E-state index contributed by atoms with van der Waals surface area (Å²) in [7, 11) is -3.68. The van der Waals surface area contributed by atoms with Crippen LogP contribution in [0.15, 0.2) is 29.2 Å². The molecule has 0 spiro atoms. The summed E-state index contributed by atoms with van der Waals surface area (Å²) in [6, 6.07) is 5.63. The van der Waals surface area contributed by atoms with Crippen LogP contribution in [0, 0.1) is 0 Å². The van der Waals surface area contributed by atoms with Crippen LogP contribution in [0.25, 0.3) is 0 Å². The number of rotatable bonds is 8. The number of carbonyl (C=O) groups is 1. The molecule has 0 aliphatic carbocycles. The first-order valence-electron chi connectivity index (χ1n) is 6.33. The molecule has 0 radical (unpaired) electrons. The first-order valence-corrected chi connectivity index (χ1v) is 7.82. The van der Waals surface area contributed by atoms with Gasteiger partial charge in [0.25, 0.3) is 0 Å². The number of carboxylic acids is 1. The first-order chi connectivity index (χ1) is 9.35. The number of aliphatic hydroxyl groups excluding tert-OH is 1. The van der Waals surface area contributed by atoms with E-state index in [2.05, 4.69) is 4.72 Å². The minimum absolute atomic E-state index is 0.0347. The van der Waals surface area contributed by atoms with E-state index in [1.54, 1.807) is 0 Å². The summed E-state index contributed by atoms with van der Waals surface area (Å²) in [6.07, 6.45) is 0.441. The molecule has 0 bridgehead atoms. The number of aliphatic carboxylic acids is 1. The third-order valence-electron chi connectivity index (χ3n) is 2.72. The maximum atomic E-state index is 11.9. The summed E-state index contributed by atoms with van der Waals surface area (Å²) in [5.74, 6) is -0.971. The SMILES string of the molecule is CCCC(O)CNS(=O)(=O)c1ccc(CC(=O)O)cc1. The van der Waals surface area contributed by atoms with Crippen molar-refractivity contribution in [3.63, 3.8) is 0 Å². The van der Waals surface area contributed by atoms with Crippen molar-refractivity contribution in [3.05, 3.63) is 29.8 Å². The smallest absolute Gasteiger partial charge is 0.307 e. The molecule has 0 saturated heterocycles. The highest BCUT2D eigenvalue weighted by Gasteiger charge is 2.15. The molecule has 1 aromatic carbocycles. The number of benzene rings is 1. The van der Waals surface area contributed by atoms with Crippen molar-refractivity contribution < 1.29 is 23.4 Å². The molecule has 1 unspecified atom stereocenters. The van der Waals surface area contributed by atoms with Crippen LogP contribution in [0.1, 0.15) is 25.3 Å². The van der Waals surface area contributed by atoms with Gasteiger partial charge in [-0.1, -0.05) is 25.5 Å². The summed E-state index contributed by atoms with van der Waals surface area (Å²) in [4.78, 5) is 10.6. The minimum Gasteiger partial charge on any atom is -0.481 e. The molecule has 0 aliphatic rings. The molecule has 0 aliphatic heterocycles. The van der Waals surface area contributed by atoms with Crippen molar-refractivity contribution in [2.75, 3.05) is 6.54 Å². The second-order valence-electron chi connectivity index (χ2n) is 4.51. The molecular formula is C13H19NO5S. The van der Waals surface area contributed by atoms with Crippen LogP contribution in [0.3, 0.4) is 0 Å². The Balaban J connectivity index is 2.70. The van der Waals surface area contributed by atoms with Crippen LogP contribution in [0.5, 0.6) is 0 Å². The Bertz CT molecular complexity index is 538. The Hall–Kier alpha value is -1.44. The minimum atomic E-state index is -3.68. The Labute approximate surface area is 118 Å². The van der Waals surface area contributed by atoms with Crippen molar-refractivity contribution in [3.8, 4) is 0 Å². The van der Waals surface area contributed by atoms with Gasteiger partial charge in [-0.2, -0.15) is 0 Å².